The molecule has 0 saturated carbocycles. The molecule has 13 nitrogen and oxygen atoms in total. The Labute approximate surface area is 234 Å². The number of anilines is 2. The first kappa shape index (κ1) is 24.9. The van der Waals surface area contributed by atoms with E-state index in [4.69, 9.17) is 16.5 Å². The van der Waals surface area contributed by atoms with Crippen LogP contribution in [0.15, 0.2) is 43.0 Å². The second-order valence-corrected chi connectivity index (χ2v) is 10.9. The van der Waals surface area contributed by atoms with Crippen molar-refractivity contribution in [1.29, 1.82) is 0 Å². The molecule has 2 fully saturated rings. The van der Waals surface area contributed by atoms with Gasteiger partial charge in [0.1, 0.15) is 17.3 Å². The molecule has 0 spiro atoms. The zero-order valence-corrected chi connectivity index (χ0v) is 22.7. The molecule has 2 saturated heterocycles. The largest absolute Gasteiger partial charge is 0.383 e. The van der Waals surface area contributed by atoms with E-state index in [0.717, 1.165) is 29.5 Å². The normalized spacial score (nSPS) is 20.1. The summed E-state index contributed by atoms with van der Waals surface area (Å²) in [5, 5.41) is 15.5. The summed E-state index contributed by atoms with van der Waals surface area (Å²) in [7, 11) is 0. The monoisotopic (exact) mass is 551 g/mol. The molecule has 2 bridgehead atoms. The maximum Gasteiger partial charge on any atom is 0.272 e. The number of amides is 1. The predicted octanol–water partition coefficient (Wildman–Crippen LogP) is 2.93. The summed E-state index contributed by atoms with van der Waals surface area (Å²) in [6, 6.07) is 5.43. The van der Waals surface area contributed by atoms with Crippen molar-refractivity contribution in [3.63, 3.8) is 0 Å². The average Bonchev–Trinajstić information content (AvgIpc) is 3.74. The minimum Gasteiger partial charge on any atom is -0.383 e. The van der Waals surface area contributed by atoms with Crippen LogP contribution >= 0.6 is 0 Å². The summed E-state index contributed by atoms with van der Waals surface area (Å²) in [4.78, 5) is 37.8. The minimum atomic E-state index is -0.164. The molecule has 208 valence electrons. The van der Waals surface area contributed by atoms with Gasteiger partial charge in [0, 0.05) is 47.6 Å². The lowest BCUT2D eigenvalue weighted by molar-refractivity contribution is 0.0562. The third-order valence-electron chi connectivity index (χ3n) is 8.25. The van der Waals surface area contributed by atoms with Gasteiger partial charge in [0.05, 0.1) is 23.7 Å². The second-order valence-electron chi connectivity index (χ2n) is 10.9. The number of hydrogen-bond donors (Lipinski definition) is 3. The third kappa shape index (κ3) is 4.03. The van der Waals surface area contributed by atoms with E-state index in [0.29, 0.717) is 41.3 Å². The number of piperidine rings is 1. The summed E-state index contributed by atoms with van der Waals surface area (Å²) >= 11 is 0. The lowest BCUT2D eigenvalue weighted by Crippen LogP contribution is -2.46. The van der Waals surface area contributed by atoms with E-state index < -0.39 is 0 Å². The predicted molar refractivity (Wildman–Crippen MR) is 150 cm³/mol. The lowest BCUT2D eigenvalue weighted by atomic mass is 9.85. The Morgan fingerprint density at radius 1 is 1.05 bits per heavy atom. The summed E-state index contributed by atoms with van der Waals surface area (Å²) in [5.41, 5.74) is 16.9. The van der Waals surface area contributed by atoms with Crippen LogP contribution in [-0.2, 0) is 0 Å². The van der Waals surface area contributed by atoms with Gasteiger partial charge in [0.25, 0.3) is 5.91 Å². The Hall–Kier alpha value is -5.07. The Morgan fingerprint density at radius 2 is 1.83 bits per heavy atom. The topological polar surface area (TPSA) is 179 Å². The van der Waals surface area contributed by atoms with Crippen molar-refractivity contribution >= 4 is 29.0 Å². The first-order valence-electron chi connectivity index (χ1n) is 13.6. The van der Waals surface area contributed by atoms with Crippen molar-refractivity contribution in [2.45, 2.75) is 57.5 Å². The number of aromatic nitrogens is 8. The molecule has 5 N–H and O–H groups in total. The molecule has 2 aliphatic rings. The number of ketones is 1. The first-order valence-corrected chi connectivity index (χ1v) is 13.6. The molecular weight excluding hydrogens is 522 g/mol. The van der Waals surface area contributed by atoms with Crippen molar-refractivity contribution in [2.24, 2.45) is 0 Å². The van der Waals surface area contributed by atoms with Crippen LogP contribution < -0.4 is 11.5 Å². The van der Waals surface area contributed by atoms with Crippen LogP contribution in [0.25, 0.3) is 22.6 Å². The Kier molecular flexibility index (Phi) is 5.63. The van der Waals surface area contributed by atoms with E-state index in [1.54, 1.807) is 29.3 Å². The smallest absolute Gasteiger partial charge is 0.272 e. The van der Waals surface area contributed by atoms with Gasteiger partial charge in [-0.2, -0.15) is 19.8 Å². The van der Waals surface area contributed by atoms with Gasteiger partial charge in [0.2, 0.25) is 0 Å². The summed E-state index contributed by atoms with van der Waals surface area (Å²) in [5.74, 6) is 0.935. The van der Waals surface area contributed by atoms with Crippen molar-refractivity contribution in [1.82, 2.24) is 44.5 Å². The van der Waals surface area contributed by atoms with E-state index in [1.165, 1.54) is 11.4 Å². The number of carbonyl (C=O) groups is 2. The fourth-order valence-electron chi connectivity index (χ4n) is 6.43. The molecule has 13 heteroatoms. The minimum absolute atomic E-state index is 0.0156. The van der Waals surface area contributed by atoms with Gasteiger partial charge in [-0.1, -0.05) is 0 Å². The highest BCUT2D eigenvalue weighted by Crippen LogP contribution is 2.45. The van der Waals surface area contributed by atoms with Crippen LogP contribution in [0.3, 0.4) is 0 Å². The number of pyridine rings is 1. The van der Waals surface area contributed by atoms with Crippen molar-refractivity contribution in [3.8, 4) is 16.9 Å². The number of aromatic amines is 1. The Morgan fingerprint density at radius 3 is 2.44 bits per heavy atom. The third-order valence-corrected chi connectivity index (χ3v) is 8.25. The number of hydrogen-bond acceptors (Lipinski definition) is 9. The molecular formula is C28H29N11O2. The van der Waals surface area contributed by atoms with Gasteiger partial charge < -0.3 is 16.4 Å². The van der Waals surface area contributed by atoms with Crippen molar-refractivity contribution < 1.29 is 9.59 Å². The molecule has 41 heavy (non-hydrogen) atoms. The standard InChI is InChI=1S/C28H29N11O2/c1-14-10-32-37(13-14)23-6-3-16(11-31-23)20-12-33-39-26(30)24(15(2)40)25(34-27(20)39)17-7-18-4-5-19(8-17)38(18)28(41)21-9-22(29)36-35-21/h3,6,9-13,17-19H,4-5,7-8,30H2,1-2H3,(H3,29,35,36)/t17-,18-,19+. The average molecular weight is 552 g/mol. The van der Waals surface area contributed by atoms with Gasteiger partial charge in [-0.05, 0) is 57.2 Å². The summed E-state index contributed by atoms with van der Waals surface area (Å²) in [6.07, 6.45) is 10.3. The number of nitrogens with zero attached hydrogens (tertiary/aromatic N) is 8. The second kappa shape index (κ2) is 9.25. The van der Waals surface area contributed by atoms with E-state index in [9.17, 15) is 9.59 Å². The number of nitrogens with two attached hydrogens (primary N) is 2. The Bertz CT molecular complexity index is 1800. The van der Waals surface area contributed by atoms with E-state index in [1.807, 2.05) is 30.2 Å². The summed E-state index contributed by atoms with van der Waals surface area (Å²) < 4.78 is 3.24. The number of Topliss-reactive ketones (excluding diaryl/α,β-unsaturated/α-hetero) is 1. The van der Waals surface area contributed by atoms with Crippen molar-refractivity contribution in [3.05, 3.63) is 65.5 Å². The van der Waals surface area contributed by atoms with E-state index in [-0.39, 0.29) is 41.3 Å². The maximum absolute atomic E-state index is 13.3. The molecule has 2 aliphatic heterocycles. The molecule has 5 aromatic rings. The van der Waals surface area contributed by atoms with Crippen LogP contribution in [0.1, 0.15) is 70.6 Å². The fraction of sp³-hybridized carbons (Fsp3) is 0.321. The molecule has 0 unspecified atom stereocenters. The van der Waals surface area contributed by atoms with Crippen molar-refractivity contribution in [2.75, 3.05) is 11.5 Å². The number of H-pyrrole nitrogens is 1. The SMILES string of the molecule is CC(=O)c1c([C@@H]2C[C@H]3CC[C@@H](C2)N3C(=O)c2cc(N)n[nH]2)nc2c(-c3ccc(-n4cc(C)cn4)nc3)cnn2c1N. The molecule has 0 aliphatic carbocycles. The van der Waals surface area contributed by atoms with Crippen LogP contribution in [-0.4, -0.2) is 68.2 Å². The number of aryl methyl sites for hydroxylation is 1. The number of fused-ring (bicyclic) bond motifs is 3. The van der Waals surface area contributed by atoms with Gasteiger partial charge in [-0.3, -0.25) is 14.7 Å². The molecule has 7 heterocycles. The van der Waals surface area contributed by atoms with Crippen LogP contribution in [0, 0.1) is 6.92 Å². The number of carbonyl (C=O) groups excluding carboxylic acids is 2. The zero-order chi connectivity index (χ0) is 28.4. The highest BCUT2D eigenvalue weighted by molar-refractivity contribution is 6.00. The number of nitrogens with one attached hydrogen (secondary N) is 1. The molecule has 1 amide bonds. The molecule has 7 rings (SSSR count). The van der Waals surface area contributed by atoms with Crippen LogP contribution in [0.5, 0.6) is 0 Å². The van der Waals surface area contributed by atoms with E-state index in [2.05, 4.69) is 25.4 Å². The summed E-state index contributed by atoms with van der Waals surface area (Å²) in [6.45, 7) is 3.48. The lowest BCUT2D eigenvalue weighted by Gasteiger charge is -2.39. The maximum atomic E-state index is 13.3. The molecule has 5 aromatic heterocycles. The fourth-order valence-corrected chi connectivity index (χ4v) is 6.43. The van der Waals surface area contributed by atoms with Gasteiger partial charge in [-0.25, -0.2) is 14.6 Å². The van der Waals surface area contributed by atoms with E-state index >= 15 is 0 Å². The number of rotatable bonds is 5. The van der Waals surface area contributed by atoms with Gasteiger partial charge in [-0.15, -0.1) is 0 Å². The van der Waals surface area contributed by atoms with Gasteiger partial charge >= 0.3 is 0 Å². The highest BCUT2D eigenvalue weighted by atomic mass is 16.2. The first-order chi connectivity index (χ1) is 19.8. The zero-order valence-electron chi connectivity index (χ0n) is 22.7. The molecule has 0 radical (unpaired) electrons. The number of nitrogen functional groups attached to an aromatic ring is 2. The quantitative estimate of drug-likeness (QED) is 0.277. The Balaban J connectivity index is 1.25. The van der Waals surface area contributed by atoms with Gasteiger partial charge in [0.15, 0.2) is 17.2 Å². The highest BCUT2D eigenvalue weighted by Gasteiger charge is 2.45. The molecule has 0 aromatic carbocycles. The molecule has 3 atom stereocenters. The van der Waals surface area contributed by atoms with Crippen LogP contribution in [0.2, 0.25) is 0 Å². The van der Waals surface area contributed by atoms with Crippen LogP contribution in [0.4, 0.5) is 11.6 Å².